The van der Waals surface area contributed by atoms with Crippen LogP contribution in [0.2, 0.25) is 0 Å². The lowest BCUT2D eigenvalue weighted by atomic mass is 9.92. The number of nitrogens with one attached hydrogen (secondary N) is 1. The van der Waals surface area contributed by atoms with Gasteiger partial charge in [-0.15, -0.1) is 0 Å². The molecule has 1 aromatic carbocycles. The monoisotopic (exact) mass is 435 g/mol. The van der Waals surface area contributed by atoms with Gasteiger partial charge in [0.05, 0.1) is 36.1 Å². The van der Waals surface area contributed by atoms with Gasteiger partial charge in [-0.1, -0.05) is 12.1 Å². The van der Waals surface area contributed by atoms with Crippen LogP contribution in [-0.4, -0.2) is 66.0 Å². The molecule has 168 valence electrons. The molecule has 2 fully saturated rings. The summed E-state index contributed by atoms with van der Waals surface area (Å²) in [6.07, 6.45) is 9.38. The zero-order chi connectivity index (χ0) is 21.9. The fraction of sp³-hybridized carbons (Fsp3) is 0.458. The van der Waals surface area contributed by atoms with E-state index in [1.807, 2.05) is 29.0 Å². The van der Waals surface area contributed by atoms with Crippen LogP contribution in [0.3, 0.4) is 0 Å². The van der Waals surface area contributed by atoms with Gasteiger partial charge in [-0.2, -0.15) is 0 Å². The van der Waals surface area contributed by atoms with E-state index in [-0.39, 0.29) is 11.9 Å². The summed E-state index contributed by atoms with van der Waals surface area (Å²) in [5.41, 5.74) is 2.50. The van der Waals surface area contributed by atoms with Crippen LogP contribution < -0.4 is 10.2 Å². The number of carbonyl (C=O) groups excluding carboxylic acids is 1. The first-order valence-corrected chi connectivity index (χ1v) is 11.3. The highest BCUT2D eigenvalue weighted by Gasteiger charge is 2.25. The minimum absolute atomic E-state index is 0.0567. The molecule has 1 aliphatic heterocycles. The Bertz CT molecular complexity index is 1070. The molecule has 1 aliphatic carbocycles. The molecule has 5 rings (SSSR count). The highest BCUT2D eigenvalue weighted by Crippen LogP contribution is 2.30. The number of aromatic nitrogens is 3. The van der Waals surface area contributed by atoms with Crippen molar-refractivity contribution in [3.63, 3.8) is 0 Å². The summed E-state index contributed by atoms with van der Waals surface area (Å²) in [4.78, 5) is 24.8. The highest BCUT2D eigenvalue weighted by molar-refractivity contribution is 6.09. The molecule has 2 aromatic heterocycles. The van der Waals surface area contributed by atoms with Crippen LogP contribution in [-0.2, 0) is 9.47 Å². The number of morpholine rings is 1. The zero-order valence-corrected chi connectivity index (χ0v) is 18.4. The molecule has 8 nitrogen and oxygen atoms in total. The lowest BCUT2D eigenvalue weighted by molar-refractivity contribution is 0.0599. The average Bonchev–Trinajstić information content (AvgIpc) is 3.39. The fourth-order valence-electron chi connectivity index (χ4n) is 4.70. The maximum absolute atomic E-state index is 13.5. The standard InChI is InChI=1S/C24H29N5O3/c1-31-18-7-5-17(6-8-18)26-24(30)20-15-22(29-10-9-25-16-29)27-23-19(20)3-2-4-21(23)28-11-13-32-14-12-28/h2-4,9-10,15-18H,5-8,11-14H2,1H3,(H,26,30)/t17-,18-. The van der Waals surface area contributed by atoms with E-state index in [2.05, 4.69) is 21.3 Å². The predicted molar refractivity (Wildman–Crippen MR) is 122 cm³/mol. The number of benzene rings is 1. The van der Waals surface area contributed by atoms with E-state index in [1.54, 1.807) is 19.6 Å². The van der Waals surface area contributed by atoms with E-state index in [4.69, 9.17) is 14.5 Å². The fourth-order valence-corrected chi connectivity index (χ4v) is 4.70. The molecule has 0 unspecified atom stereocenters. The minimum Gasteiger partial charge on any atom is -0.381 e. The second kappa shape index (κ2) is 9.26. The SMILES string of the molecule is CO[C@H]1CC[C@H](NC(=O)c2cc(-n3ccnc3)nc3c(N4CCOCC4)cccc23)CC1. The Hall–Kier alpha value is -2.97. The van der Waals surface area contributed by atoms with E-state index in [1.165, 1.54) is 0 Å². The van der Waals surface area contributed by atoms with Crippen molar-refractivity contribution in [1.82, 2.24) is 19.9 Å². The second-order valence-electron chi connectivity index (χ2n) is 8.45. The predicted octanol–water partition coefficient (Wildman–Crippen LogP) is 2.94. The van der Waals surface area contributed by atoms with Crippen molar-refractivity contribution < 1.29 is 14.3 Å². The Kier molecular flexibility index (Phi) is 6.05. The second-order valence-corrected chi connectivity index (χ2v) is 8.45. The number of ether oxygens (including phenoxy) is 2. The number of anilines is 1. The number of rotatable bonds is 5. The number of methoxy groups -OCH3 is 1. The van der Waals surface area contributed by atoms with Gasteiger partial charge in [0.2, 0.25) is 0 Å². The highest BCUT2D eigenvalue weighted by atomic mass is 16.5. The minimum atomic E-state index is -0.0567. The number of amides is 1. The lowest BCUT2D eigenvalue weighted by Gasteiger charge is -2.30. The van der Waals surface area contributed by atoms with Gasteiger partial charge in [-0.3, -0.25) is 9.36 Å². The van der Waals surface area contributed by atoms with Gasteiger partial charge < -0.3 is 19.7 Å². The van der Waals surface area contributed by atoms with Crippen LogP contribution >= 0.6 is 0 Å². The van der Waals surface area contributed by atoms with Gasteiger partial charge in [0, 0.05) is 44.0 Å². The van der Waals surface area contributed by atoms with Crippen LogP contribution in [0.1, 0.15) is 36.0 Å². The van der Waals surface area contributed by atoms with Gasteiger partial charge in [-0.25, -0.2) is 9.97 Å². The first kappa shape index (κ1) is 20.9. The molecule has 0 spiro atoms. The van der Waals surface area contributed by atoms with Crippen LogP contribution in [0.15, 0.2) is 43.0 Å². The summed E-state index contributed by atoms with van der Waals surface area (Å²) in [5, 5.41) is 4.12. The van der Waals surface area contributed by atoms with Crippen molar-refractivity contribution in [2.24, 2.45) is 0 Å². The Morgan fingerprint density at radius 3 is 2.72 bits per heavy atom. The summed E-state index contributed by atoms with van der Waals surface area (Å²) < 4.78 is 12.8. The molecule has 32 heavy (non-hydrogen) atoms. The Labute approximate surface area is 187 Å². The molecule has 0 bridgehead atoms. The summed E-state index contributed by atoms with van der Waals surface area (Å²) in [6, 6.07) is 8.10. The van der Waals surface area contributed by atoms with Crippen LogP contribution in [0.25, 0.3) is 16.7 Å². The molecule has 3 aromatic rings. The normalized spacial score (nSPS) is 21.6. The van der Waals surface area contributed by atoms with Crippen LogP contribution in [0.4, 0.5) is 5.69 Å². The molecule has 1 saturated heterocycles. The molecule has 0 radical (unpaired) electrons. The molecule has 0 atom stereocenters. The van der Waals surface area contributed by atoms with Crippen LogP contribution in [0.5, 0.6) is 0 Å². The summed E-state index contributed by atoms with van der Waals surface area (Å²) in [6.45, 7) is 2.99. The number of hydrogen-bond acceptors (Lipinski definition) is 6. The molecule has 2 aliphatic rings. The van der Waals surface area contributed by atoms with Gasteiger partial charge >= 0.3 is 0 Å². The van der Waals surface area contributed by atoms with E-state index in [9.17, 15) is 4.79 Å². The molecule has 1 N–H and O–H groups in total. The van der Waals surface area contributed by atoms with Crippen molar-refractivity contribution in [2.75, 3.05) is 38.3 Å². The topological polar surface area (TPSA) is 81.5 Å². The molecule has 8 heteroatoms. The van der Waals surface area contributed by atoms with E-state index in [0.717, 1.165) is 55.4 Å². The van der Waals surface area contributed by atoms with Crippen molar-refractivity contribution in [2.45, 2.75) is 37.8 Å². The smallest absolute Gasteiger partial charge is 0.252 e. The average molecular weight is 436 g/mol. The van der Waals surface area contributed by atoms with Crippen LogP contribution in [0, 0.1) is 0 Å². The number of fused-ring (bicyclic) bond motifs is 1. The van der Waals surface area contributed by atoms with E-state index in [0.29, 0.717) is 30.7 Å². The Morgan fingerprint density at radius 1 is 1.19 bits per heavy atom. The number of para-hydroxylation sites is 1. The summed E-state index contributed by atoms with van der Waals surface area (Å²) >= 11 is 0. The molecular formula is C24H29N5O3. The Balaban J connectivity index is 1.53. The first-order valence-electron chi connectivity index (χ1n) is 11.3. The molecular weight excluding hydrogens is 406 g/mol. The summed E-state index contributed by atoms with van der Waals surface area (Å²) in [5.74, 6) is 0.628. The number of carbonyl (C=O) groups is 1. The molecule has 1 saturated carbocycles. The Morgan fingerprint density at radius 2 is 2.00 bits per heavy atom. The third-order valence-corrected chi connectivity index (χ3v) is 6.51. The third kappa shape index (κ3) is 4.20. The molecule has 1 amide bonds. The third-order valence-electron chi connectivity index (χ3n) is 6.51. The van der Waals surface area contributed by atoms with Gasteiger partial charge in [0.15, 0.2) is 0 Å². The van der Waals surface area contributed by atoms with Crippen molar-refractivity contribution in [3.05, 3.63) is 48.5 Å². The van der Waals surface area contributed by atoms with Crippen molar-refractivity contribution in [3.8, 4) is 5.82 Å². The summed E-state index contributed by atoms with van der Waals surface area (Å²) in [7, 11) is 1.76. The quantitative estimate of drug-likeness (QED) is 0.664. The van der Waals surface area contributed by atoms with E-state index < -0.39 is 0 Å². The number of nitrogens with zero attached hydrogens (tertiary/aromatic N) is 4. The van der Waals surface area contributed by atoms with Crippen molar-refractivity contribution in [1.29, 1.82) is 0 Å². The largest absolute Gasteiger partial charge is 0.381 e. The zero-order valence-electron chi connectivity index (χ0n) is 18.4. The molecule has 3 heterocycles. The number of hydrogen-bond donors (Lipinski definition) is 1. The maximum atomic E-state index is 13.5. The maximum Gasteiger partial charge on any atom is 0.252 e. The van der Waals surface area contributed by atoms with Gasteiger partial charge in [0.1, 0.15) is 12.1 Å². The van der Waals surface area contributed by atoms with E-state index >= 15 is 0 Å². The lowest BCUT2D eigenvalue weighted by Crippen LogP contribution is -2.39. The van der Waals surface area contributed by atoms with Gasteiger partial charge in [-0.05, 0) is 37.8 Å². The first-order chi connectivity index (χ1) is 15.7. The van der Waals surface area contributed by atoms with Crippen molar-refractivity contribution >= 4 is 22.5 Å². The number of imidazole rings is 1. The van der Waals surface area contributed by atoms with Gasteiger partial charge in [0.25, 0.3) is 5.91 Å². The number of pyridine rings is 1.